The molecule has 94 valence electrons. The van der Waals surface area contributed by atoms with Crippen molar-refractivity contribution in [3.8, 4) is 5.75 Å². The van der Waals surface area contributed by atoms with Crippen LogP contribution in [0.5, 0.6) is 5.75 Å². The fourth-order valence-electron chi connectivity index (χ4n) is 1.43. The Balaban J connectivity index is 2.86. The molecule has 1 rings (SSSR count). The molecule has 3 heteroatoms. The zero-order valence-corrected chi connectivity index (χ0v) is 10.7. The van der Waals surface area contributed by atoms with Crippen molar-refractivity contribution in [1.29, 1.82) is 0 Å². The highest BCUT2D eigenvalue weighted by Crippen LogP contribution is 2.26. The Kier molecular flexibility index (Phi) is 5.16. The zero-order chi connectivity index (χ0) is 12.8. The van der Waals surface area contributed by atoms with Gasteiger partial charge in [-0.05, 0) is 44.2 Å². The summed E-state index contributed by atoms with van der Waals surface area (Å²) in [4.78, 5) is 0. The van der Waals surface area contributed by atoms with Crippen LogP contribution in [-0.4, -0.2) is 13.7 Å². The molecule has 0 aromatic heterocycles. The standard InChI is InChI=1S/C14H20FNO/c1-5-10(2)9-17-14-7-6-12(15)8-13(14)11(3)16-4/h6-8,11,16H,2,5,9H2,1,3-4H3. The molecule has 0 aliphatic heterocycles. The lowest BCUT2D eigenvalue weighted by Crippen LogP contribution is -2.14. The highest BCUT2D eigenvalue weighted by atomic mass is 19.1. The van der Waals surface area contributed by atoms with Crippen LogP contribution in [0, 0.1) is 5.82 Å². The molecular formula is C14H20FNO. The second-order valence-electron chi connectivity index (χ2n) is 4.08. The van der Waals surface area contributed by atoms with Crippen LogP contribution in [0.4, 0.5) is 4.39 Å². The van der Waals surface area contributed by atoms with Crippen LogP contribution in [0.15, 0.2) is 30.4 Å². The van der Waals surface area contributed by atoms with Gasteiger partial charge in [-0.2, -0.15) is 0 Å². The van der Waals surface area contributed by atoms with Gasteiger partial charge in [0.1, 0.15) is 18.2 Å². The molecule has 0 saturated carbocycles. The van der Waals surface area contributed by atoms with Gasteiger partial charge in [-0.1, -0.05) is 13.5 Å². The number of benzene rings is 1. The quantitative estimate of drug-likeness (QED) is 0.765. The maximum absolute atomic E-state index is 13.2. The second kappa shape index (κ2) is 6.40. The average Bonchev–Trinajstić information content (AvgIpc) is 2.35. The zero-order valence-electron chi connectivity index (χ0n) is 10.7. The van der Waals surface area contributed by atoms with Crippen molar-refractivity contribution >= 4 is 0 Å². The summed E-state index contributed by atoms with van der Waals surface area (Å²) in [6.45, 7) is 8.37. The topological polar surface area (TPSA) is 21.3 Å². The molecule has 0 heterocycles. The maximum Gasteiger partial charge on any atom is 0.124 e. The maximum atomic E-state index is 13.2. The summed E-state index contributed by atoms with van der Waals surface area (Å²) >= 11 is 0. The van der Waals surface area contributed by atoms with Crippen LogP contribution in [0.3, 0.4) is 0 Å². The molecule has 0 radical (unpaired) electrons. The van der Waals surface area contributed by atoms with E-state index in [1.807, 2.05) is 20.9 Å². The first kappa shape index (κ1) is 13.7. The fourth-order valence-corrected chi connectivity index (χ4v) is 1.43. The van der Waals surface area contributed by atoms with Crippen LogP contribution in [-0.2, 0) is 0 Å². The Hall–Kier alpha value is -1.35. The molecule has 0 spiro atoms. The van der Waals surface area contributed by atoms with E-state index in [2.05, 4.69) is 11.9 Å². The molecule has 0 bridgehead atoms. The van der Waals surface area contributed by atoms with Crippen molar-refractivity contribution in [3.05, 3.63) is 41.7 Å². The Morgan fingerprint density at radius 3 is 2.82 bits per heavy atom. The number of rotatable bonds is 6. The fraction of sp³-hybridized carbons (Fsp3) is 0.429. The van der Waals surface area contributed by atoms with Crippen LogP contribution >= 0.6 is 0 Å². The third-order valence-electron chi connectivity index (χ3n) is 2.80. The van der Waals surface area contributed by atoms with Crippen LogP contribution in [0.1, 0.15) is 31.9 Å². The Morgan fingerprint density at radius 2 is 2.24 bits per heavy atom. The van der Waals surface area contributed by atoms with Crippen molar-refractivity contribution < 1.29 is 9.13 Å². The SMILES string of the molecule is C=C(CC)COc1ccc(F)cc1C(C)NC. The smallest absolute Gasteiger partial charge is 0.124 e. The van der Waals surface area contributed by atoms with Gasteiger partial charge in [-0.15, -0.1) is 0 Å². The lowest BCUT2D eigenvalue weighted by atomic mass is 10.1. The Labute approximate surface area is 102 Å². The first-order chi connectivity index (χ1) is 8.08. The van der Waals surface area contributed by atoms with E-state index in [9.17, 15) is 4.39 Å². The predicted octanol–water partition coefficient (Wildman–Crippen LogP) is 3.45. The minimum atomic E-state index is -0.247. The molecule has 0 fully saturated rings. The summed E-state index contributed by atoms with van der Waals surface area (Å²) in [7, 11) is 1.84. The summed E-state index contributed by atoms with van der Waals surface area (Å²) in [5.74, 6) is 0.464. The normalized spacial score (nSPS) is 12.2. The molecule has 1 atom stereocenters. The van der Waals surface area contributed by atoms with E-state index in [0.717, 1.165) is 17.6 Å². The monoisotopic (exact) mass is 237 g/mol. The molecule has 2 nitrogen and oxygen atoms in total. The number of halogens is 1. The summed E-state index contributed by atoms with van der Waals surface area (Å²) in [5.41, 5.74) is 1.86. The molecule has 0 saturated heterocycles. The Morgan fingerprint density at radius 1 is 1.53 bits per heavy atom. The Bertz CT molecular complexity index is 390. The third-order valence-corrected chi connectivity index (χ3v) is 2.80. The minimum Gasteiger partial charge on any atom is -0.489 e. The first-order valence-electron chi connectivity index (χ1n) is 5.84. The van der Waals surface area contributed by atoms with E-state index in [1.54, 1.807) is 6.07 Å². The summed E-state index contributed by atoms with van der Waals surface area (Å²) in [5, 5.41) is 3.08. The molecule has 0 amide bonds. The summed E-state index contributed by atoms with van der Waals surface area (Å²) < 4.78 is 18.9. The van der Waals surface area contributed by atoms with Gasteiger partial charge in [0.2, 0.25) is 0 Å². The van der Waals surface area contributed by atoms with Crippen LogP contribution in [0.2, 0.25) is 0 Å². The van der Waals surface area contributed by atoms with E-state index in [1.165, 1.54) is 12.1 Å². The molecule has 1 aromatic carbocycles. The van der Waals surface area contributed by atoms with Crippen molar-refractivity contribution in [2.24, 2.45) is 0 Å². The van der Waals surface area contributed by atoms with E-state index in [0.29, 0.717) is 12.4 Å². The highest BCUT2D eigenvalue weighted by Gasteiger charge is 2.11. The molecule has 0 aliphatic rings. The van der Waals surface area contributed by atoms with Gasteiger partial charge >= 0.3 is 0 Å². The summed E-state index contributed by atoms with van der Waals surface area (Å²) in [6, 6.07) is 4.64. The van der Waals surface area contributed by atoms with Gasteiger partial charge in [-0.25, -0.2) is 4.39 Å². The number of nitrogens with one attached hydrogen (secondary N) is 1. The van der Waals surface area contributed by atoms with Crippen molar-refractivity contribution in [3.63, 3.8) is 0 Å². The van der Waals surface area contributed by atoms with Crippen LogP contribution < -0.4 is 10.1 Å². The highest BCUT2D eigenvalue weighted by molar-refractivity contribution is 5.36. The summed E-state index contributed by atoms with van der Waals surface area (Å²) in [6.07, 6.45) is 0.887. The average molecular weight is 237 g/mol. The van der Waals surface area contributed by atoms with Gasteiger partial charge < -0.3 is 10.1 Å². The third kappa shape index (κ3) is 3.86. The molecule has 1 unspecified atom stereocenters. The second-order valence-corrected chi connectivity index (χ2v) is 4.08. The molecule has 1 aromatic rings. The van der Waals surface area contributed by atoms with Crippen molar-refractivity contribution in [2.45, 2.75) is 26.3 Å². The lowest BCUT2D eigenvalue weighted by Gasteiger charge is -2.17. The van der Waals surface area contributed by atoms with E-state index >= 15 is 0 Å². The minimum absolute atomic E-state index is 0.0515. The molecule has 17 heavy (non-hydrogen) atoms. The van der Waals surface area contributed by atoms with E-state index in [-0.39, 0.29) is 11.9 Å². The predicted molar refractivity (Wildman–Crippen MR) is 68.8 cm³/mol. The molecule has 0 aliphatic carbocycles. The van der Waals surface area contributed by atoms with Gasteiger partial charge in [0.05, 0.1) is 0 Å². The molecule has 1 N–H and O–H groups in total. The van der Waals surface area contributed by atoms with Gasteiger partial charge in [0, 0.05) is 11.6 Å². The van der Waals surface area contributed by atoms with Crippen molar-refractivity contribution in [1.82, 2.24) is 5.32 Å². The van der Waals surface area contributed by atoms with Crippen LogP contribution in [0.25, 0.3) is 0 Å². The molecular weight excluding hydrogens is 217 g/mol. The van der Waals surface area contributed by atoms with E-state index < -0.39 is 0 Å². The van der Waals surface area contributed by atoms with Gasteiger partial charge in [0.15, 0.2) is 0 Å². The van der Waals surface area contributed by atoms with Gasteiger partial charge in [-0.3, -0.25) is 0 Å². The van der Waals surface area contributed by atoms with E-state index in [4.69, 9.17) is 4.74 Å². The largest absolute Gasteiger partial charge is 0.489 e. The number of ether oxygens (including phenoxy) is 1. The number of hydrogen-bond donors (Lipinski definition) is 1. The van der Waals surface area contributed by atoms with Gasteiger partial charge in [0.25, 0.3) is 0 Å². The number of hydrogen-bond acceptors (Lipinski definition) is 2. The lowest BCUT2D eigenvalue weighted by molar-refractivity contribution is 0.341. The van der Waals surface area contributed by atoms with Crippen molar-refractivity contribution in [2.75, 3.05) is 13.7 Å². The first-order valence-corrected chi connectivity index (χ1v) is 5.84.